The van der Waals surface area contributed by atoms with E-state index in [0.717, 1.165) is 6.54 Å². The molecule has 2 unspecified atom stereocenters. The monoisotopic (exact) mass is 266 g/mol. The van der Waals surface area contributed by atoms with E-state index in [1.165, 1.54) is 37.1 Å². The molecule has 0 saturated heterocycles. The highest BCUT2D eigenvalue weighted by atomic mass is 16.6. The third kappa shape index (κ3) is 3.73. The van der Waals surface area contributed by atoms with Crippen LogP contribution in [0.5, 0.6) is 0 Å². The van der Waals surface area contributed by atoms with Crippen LogP contribution in [0.4, 0.5) is 5.69 Å². The van der Waals surface area contributed by atoms with Crippen molar-refractivity contribution in [2.45, 2.75) is 25.0 Å². The van der Waals surface area contributed by atoms with Crippen LogP contribution in [0.15, 0.2) is 24.3 Å². The van der Waals surface area contributed by atoms with E-state index in [0.29, 0.717) is 11.5 Å². The summed E-state index contributed by atoms with van der Waals surface area (Å²) in [6.45, 7) is 0.611. The van der Waals surface area contributed by atoms with Gasteiger partial charge in [-0.15, -0.1) is 0 Å². The van der Waals surface area contributed by atoms with Crippen molar-refractivity contribution in [2.75, 3.05) is 13.2 Å². The van der Waals surface area contributed by atoms with Gasteiger partial charge in [0.25, 0.3) is 5.69 Å². The van der Waals surface area contributed by atoms with Gasteiger partial charge in [0.1, 0.15) is 0 Å². The van der Waals surface area contributed by atoms with E-state index in [1.807, 2.05) is 0 Å². The Morgan fingerprint density at radius 3 is 2.47 bits per heavy atom. The first-order valence-corrected chi connectivity index (χ1v) is 6.38. The van der Waals surface area contributed by atoms with Gasteiger partial charge in [0.2, 0.25) is 0 Å². The number of nitrogens with zero attached hydrogens (tertiary/aromatic N) is 1. The second kappa shape index (κ2) is 6.10. The lowest BCUT2D eigenvalue weighted by Crippen LogP contribution is -2.39. The summed E-state index contributed by atoms with van der Waals surface area (Å²) >= 11 is 0. The quantitative estimate of drug-likeness (QED) is 0.505. The second-order valence-corrected chi connectivity index (χ2v) is 4.93. The van der Waals surface area contributed by atoms with Gasteiger partial charge in [-0.1, -0.05) is 0 Å². The number of aliphatic hydroxyl groups is 2. The Balaban J connectivity index is 1.98. The minimum absolute atomic E-state index is 0.0116. The average molecular weight is 266 g/mol. The highest BCUT2D eigenvalue weighted by Gasteiger charge is 2.25. The first kappa shape index (κ1) is 13.9. The van der Waals surface area contributed by atoms with E-state index in [2.05, 4.69) is 5.32 Å². The van der Waals surface area contributed by atoms with Gasteiger partial charge in [-0.05, 0) is 43.0 Å². The number of nitro groups is 1. The number of benzene rings is 1. The van der Waals surface area contributed by atoms with E-state index in [-0.39, 0.29) is 12.3 Å². The predicted molar refractivity (Wildman–Crippen MR) is 69.7 cm³/mol. The number of nitro benzene ring substituents is 1. The molecule has 19 heavy (non-hydrogen) atoms. The molecule has 6 heteroatoms. The van der Waals surface area contributed by atoms with Crippen molar-refractivity contribution in [3.05, 3.63) is 39.9 Å². The third-order valence-electron chi connectivity index (χ3n) is 3.39. The van der Waals surface area contributed by atoms with Crippen LogP contribution in [-0.2, 0) is 0 Å². The molecule has 1 aliphatic carbocycles. The van der Waals surface area contributed by atoms with Crippen LogP contribution >= 0.6 is 0 Å². The zero-order valence-corrected chi connectivity index (χ0v) is 10.5. The van der Waals surface area contributed by atoms with E-state index in [9.17, 15) is 20.3 Å². The molecule has 1 saturated carbocycles. The molecule has 1 fully saturated rings. The molecule has 0 spiro atoms. The summed E-state index contributed by atoms with van der Waals surface area (Å²) in [6, 6.07) is 5.30. The van der Waals surface area contributed by atoms with Gasteiger partial charge < -0.3 is 15.5 Å². The molecule has 1 aromatic rings. The highest BCUT2D eigenvalue weighted by Crippen LogP contribution is 2.28. The molecule has 1 aromatic carbocycles. The van der Waals surface area contributed by atoms with Gasteiger partial charge in [-0.3, -0.25) is 10.1 Å². The first-order valence-electron chi connectivity index (χ1n) is 6.38. The van der Waals surface area contributed by atoms with Crippen molar-refractivity contribution in [2.24, 2.45) is 5.92 Å². The fraction of sp³-hybridized carbons (Fsp3) is 0.538. The normalized spacial score (nSPS) is 18.0. The Morgan fingerprint density at radius 2 is 2.00 bits per heavy atom. The Hall–Kier alpha value is -1.50. The van der Waals surface area contributed by atoms with Gasteiger partial charge >= 0.3 is 0 Å². The van der Waals surface area contributed by atoms with E-state index >= 15 is 0 Å². The number of non-ortho nitro benzene ring substituents is 1. The summed E-state index contributed by atoms with van der Waals surface area (Å²) < 4.78 is 0. The zero-order valence-electron chi connectivity index (χ0n) is 10.5. The van der Waals surface area contributed by atoms with Crippen LogP contribution in [0, 0.1) is 16.0 Å². The molecule has 104 valence electrons. The fourth-order valence-corrected chi connectivity index (χ4v) is 1.94. The summed E-state index contributed by atoms with van der Waals surface area (Å²) in [6.07, 6.45) is 1.52. The van der Waals surface area contributed by atoms with Gasteiger partial charge in [0.15, 0.2) is 0 Å². The zero-order chi connectivity index (χ0) is 13.8. The molecule has 6 nitrogen and oxygen atoms in total. The van der Waals surface area contributed by atoms with Crippen LogP contribution in [0.25, 0.3) is 0 Å². The molecule has 0 aromatic heterocycles. The number of hydrogen-bond donors (Lipinski definition) is 3. The second-order valence-electron chi connectivity index (χ2n) is 4.93. The largest absolute Gasteiger partial charge is 0.395 e. The Labute approximate surface area is 111 Å². The topological polar surface area (TPSA) is 95.6 Å². The molecule has 0 aliphatic heterocycles. The Kier molecular flexibility index (Phi) is 4.47. The number of hydrogen-bond acceptors (Lipinski definition) is 5. The van der Waals surface area contributed by atoms with Crippen molar-refractivity contribution in [1.29, 1.82) is 0 Å². The number of nitrogens with one attached hydrogen (secondary N) is 1. The molecule has 2 rings (SSSR count). The number of aliphatic hydroxyl groups excluding tert-OH is 2. The lowest BCUT2D eigenvalue weighted by atomic mass is 10.0. The highest BCUT2D eigenvalue weighted by molar-refractivity contribution is 5.34. The van der Waals surface area contributed by atoms with Gasteiger partial charge in [-0.25, -0.2) is 0 Å². The molecule has 3 N–H and O–H groups in total. The summed E-state index contributed by atoms with van der Waals surface area (Å²) in [5.41, 5.74) is 0.551. The van der Waals surface area contributed by atoms with Crippen LogP contribution in [0.3, 0.4) is 0 Å². The van der Waals surface area contributed by atoms with Crippen molar-refractivity contribution in [3.8, 4) is 0 Å². The maximum Gasteiger partial charge on any atom is 0.269 e. The van der Waals surface area contributed by atoms with Gasteiger partial charge in [-0.2, -0.15) is 0 Å². The lowest BCUT2D eigenvalue weighted by molar-refractivity contribution is -0.384. The van der Waals surface area contributed by atoms with E-state index in [1.54, 1.807) is 0 Å². The van der Waals surface area contributed by atoms with Crippen LogP contribution in [-0.4, -0.2) is 34.3 Å². The maximum atomic E-state index is 10.5. The van der Waals surface area contributed by atoms with E-state index in [4.69, 9.17) is 0 Å². The summed E-state index contributed by atoms with van der Waals surface area (Å²) in [4.78, 5) is 10.1. The van der Waals surface area contributed by atoms with Crippen molar-refractivity contribution >= 4 is 5.69 Å². The lowest BCUT2D eigenvalue weighted by Gasteiger charge is -2.22. The molecule has 0 bridgehead atoms. The van der Waals surface area contributed by atoms with Crippen LogP contribution in [0.2, 0.25) is 0 Å². The third-order valence-corrected chi connectivity index (χ3v) is 3.39. The minimum Gasteiger partial charge on any atom is -0.395 e. The van der Waals surface area contributed by atoms with Crippen LogP contribution in [0.1, 0.15) is 24.5 Å². The van der Waals surface area contributed by atoms with Crippen molar-refractivity contribution in [3.63, 3.8) is 0 Å². The predicted octanol–water partition coefficient (Wildman–Crippen LogP) is 0.989. The first-order chi connectivity index (χ1) is 9.11. The SMILES string of the molecule is O=[N+]([O-])c1ccc(C(O)C(CO)NCC2CC2)cc1. The summed E-state index contributed by atoms with van der Waals surface area (Å²) in [5.74, 6) is 0.651. The standard InChI is InChI=1S/C13H18N2O4/c16-8-12(14-7-9-1-2-9)13(17)10-3-5-11(6-4-10)15(18)19/h3-6,9,12-14,16-17H,1-2,7-8H2. The maximum absolute atomic E-state index is 10.5. The Bertz CT molecular complexity index is 431. The Morgan fingerprint density at radius 1 is 1.37 bits per heavy atom. The molecule has 0 heterocycles. The van der Waals surface area contributed by atoms with E-state index < -0.39 is 17.1 Å². The smallest absolute Gasteiger partial charge is 0.269 e. The molecule has 1 aliphatic rings. The molecular weight excluding hydrogens is 248 g/mol. The summed E-state index contributed by atoms with van der Waals surface area (Å²) in [5, 5.41) is 33.1. The fourth-order valence-electron chi connectivity index (χ4n) is 1.94. The molecule has 2 atom stereocenters. The van der Waals surface area contributed by atoms with Crippen molar-refractivity contribution in [1.82, 2.24) is 5.32 Å². The van der Waals surface area contributed by atoms with Gasteiger partial charge in [0, 0.05) is 12.1 Å². The summed E-state index contributed by atoms with van der Waals surface area (Å²) in [7, 11) is 0. The minimum atomic E-state index is -0.871. The van der Waals surface area contributed by atoms with Crippen molar-refractivity contribution < 1.29 is 15.1 Å². The number of rotatable bonds is 7. The average Bonchev–Trinajstić information content (AvgIpc) is 3.23. The molecule has 0 amide bonds. The molecule has 0 radical (unpaired) electrons. The van der Waals surface area contributed by atoms with Crippen LogP contribution < -0.4 is 5.32 Å². The molecular formula is C13H18N2O4. The van der Waals surface area contributed by atoms with Gasteiger partial charge in [0.05, 0.1) is 23.7 Å².